The maximum atomic E-state index is 12.3. The lowest BCUT2D eigenvalue weighted by Gasteiger charge is -2.19. The van der Waals surface area contributed by atoms with Crippen LogP contribution in [0, 0.1) is 5.92 Å². The van der Waals surface area contributed by atoms with E-state index in [0.29, 0.717) is 36.1 Å². The Morgan fingerprint density at radius 3 is 2.89 bits per heavy atom. The number of aliphatic hydroxyl groups is 1. The van der Waals surface area contributed by atoms with E-state index in [0.717, 1.165) is 35.6 Å². The van der Waals surface area contributed by atoms with Crippen molar-refractivity contribution >= 4 is 33.7 Å². The van der Waals surface area contributed by atoms with E-state index in [1.54, 1.807) is 0 Å². The summed E-state index contributed by atoms with van der Waals surface area (Å²) in [6.45, 7) is 0.241. The summed E-state index contributed by atoms with van der Waals surface area (Å²) >= 11 is 0. The van der Waals surface area contributed by atoms with Crippen molar-refractivity contribution in [3.8, 4) is 0 Å². The van der Waals surface area contributed by atoms with Gasteiger partial charge in [-0.15, -0.1) is 0 Å². The van der Waals surface area contributed by atoms with Crippen LogP contribution in [0.15, 0.2) is 28.9 Å². The standard InChI is InChI=1S/C20H21N3O4/c24-10-11-1-2-12(9-11)23-8-7-13-15(23)4-5-16-18(13)19(22-27-16)14-3-6-17(25)21-20(14)26/h4-5,7-8,11-12,14,24H,1-3,6,9-10H2,(H,21,25,26)/t11-,12?,14?/m1/s1. The number of carbonyl (C=O) groups excluding carboxylic acids is 2. The Morgan fingerprint density at radius 1 is 1.22 bits per heavy atom. The third-order valence-corrected chi connectivity index (χ3v) is 6.10. The number of piperidine rings is 1. The van der Waals surface area contributed by atoms with E-state index in [2.05, 4.69) is 27.3 Å². The van der Waals surface area contributed by atoms with Gasteiger partial charge in [0.1, 0.15) is 5.69 Å². The first-order valence-electron chi connectivity index (χ1n) is 9.49. The molecule has 1 aliphatic heterocycles. The molecule has 0 bridgehead atoms. The molecule has 1 saturated carbocycles. The number of fused-ring (bicyclic) bond motifs is 3. The largest absolute Gasteiger partial charge is 0.396 e. The Hall–Kier alpha value is -2.67. The highest BCUT2D eigenvalue weighted by Crippen LogP contribution is 2.40. The molecule has 2 aliphatic rings. The minimum atomic E-state index is -0.469. The molecule has 1 aromatic carbocycles. The molecule has 1 aliphatic carbocycles. The van der Waals surface area contributed by atoms with Gasteiger partial charge in [0, 0.05) is 36.2 Å². The summed E-state index contributed by atoms with van der Waals surface area (Å²) in [5.41, 5.74) is 2.35. The number of imide groups is 1. The van der Waals surface area contributed by atoms with E-state index >= 15 is 0 Å². The van der Waals surface area contributed by atoms with E-state index < -0.39 is 5.92 Å². The number of nitrogens with one attached hydrogen (secondary N) is 1. The van der Waals surface area contributed by atoms with Crippen LogP contribution >= 0.6 is 0 Å². The smallest absolute Gasteiger partial charge is 0.235 e. The topological polar surface area (TPSA) is 97.4 Å². The molecule has 2 fully saturated rings. The third-order valence-electron chi connectivity index (χ3n) is 6.10. The molecule has 1 saturated heterocycles. The molecule has 2 aromatic heterocycles. The molecule has 0 radical (unpaired) electrons. The molecule has 7 nitrogen and oxygen atoms in total. The lowest BCUT2D eigenvalue weighted by molar-refractivity contribution is -0.134. The van der Waals surface area contributed by atoms with Gasteiger partial charge >= 0.3 is 0 Å². The van der Waals surface area contributed by atoms with Crippen LogP contribution in [0.1, 0.15) is 49.8 Å². The van der Waals surface area contributed by atoms with Gasteiger partial charge in [-0.3, -0.25) is 14.9 Å². The van der Waals surface area contributed by atoms with Crippen LogP contribution in [0.3, 0.4) is 0 Å². The van der Waals surface area contributed by atoms with Gasteiger partial charge in [0.15, 0.2) is 5.58 Å². The van der Waals surface area contributed by atoms with E-state index in [1.807, 2.05) is 12.1 Å². The molecule has 140 valence electrons. The van der Waals surface area contributed by atoms with Crippen LogP contribution in [0.25, 0.3) is 21.9 Å². The fourth-order valence-electron chi connectivity index (χ4n) is 4.68. The number of rotatable bonds is 3. The van der Waals surface area contributed by atoms with Crippen LogP contribution in [0.5, 0.6) is 0 Å². The summed E-state index contributed by atoms with van der Waals surface area (Å²) in [6.07, 6.45) is 5.91. The van der Waals surface area contributed by atoms with Crippen molar-refractivity contribution < 1.29 is 19.2 Å². The van der Waals surface area contributed by atoms with Gasteiger partial charge < -0.3 is 14.2 Å². The van der Waals surface area contributed by atoms with E-state index in [9.17, 15) is 14.7 Å². The molecular weight excluding hydrogens is 346 g/mol. The van der Waals surface area contributed by atoms with Gasteiger partial charge in [-0.1, -0.05) is 5.16 Å². The highest BCUT2D eigenvalue weighted by Gasteiger charge is 2.33. The summed E-state index contributed by atoms with van der Waals surface area (Å²) < 4.78 is 7.77. The number of aliphatic hydroxyl groups excluding tert-OH is 1. The maximum Gasteiger partial charge on any atom is 0.235 e. The first-order chi connectivity index (χ1) is 13.2. The van der Waals surface area contributed by atoms with Gasteiger partial charge in [-0.2, -0.15) is 0 Å². The first kappa shape index (κ1) is 16.5. The number of hydrogen-bond acceptors (Lipinski definition) is 5. The van der Waals surface area contributed by atoms with Crippen molar-refractivity contribution in [2.75, 3.05) is 6.61 Å². The van der Waals surface area contributed by atoms with E-state index in [1.165, 1.54) is 0 Å². The minimum absolute atomic E-state index is 0.236. The molecule has 3 heterocycles. The molecule has 5 rings (SSSR count). The average molecular weight is 367 g/mol. The fraction of sp³-hybridized carbons (Fsp3) is 0.450. The summed E-state index contributed by atoms with van der Waals surface area (Å²) in [5, 5.41) is 17.9. The summed E-state index contributed by atoms with van der Waals surface area (Å²) in [4.78, 5) is 23.8. The molecule has 3 atom stereocenters. The second-order valence-electron chi connectivity index (χ2n) is 7.68. The van der Waals surface area contributed by atoms with Gasteiger partial charge in [0.25, 0.3) is 0 Å². The third kappa shape index (κ3) is 2.56. The van der Waals surface area contributed by atoms with Crippen molar-refractivity contribution in [1.29, 1.82) is 0 Å². The van der Waals surface area contributed by atoms with Crippen LogP contribution in [-0.2, 0) is 9.59 Å². The summed E-state index contributed by atoms with van der Waals surface area (Å²) in [7, 11) is 0. The number of aromatic nitrogens is 2. The summed E-state index contributed by atoms with van der Waals surface area (Å²) in [6, 6.07) is 6.35. The molecular formula is C20H21N3O4. The molecule has 2 N–H and O–H groups in total. The van der Waals surface area contributed by atoms with Crippen LogP contribution in [-0.4, -0.2) is 33.3 Å². The zero-order valence-corrected chi connectivity index (χ0v) is 14.9. The molecule has 2 amide bonds. The highest BCUT2D eigenvalue weighted by atomic mass is 16.5. The predicted molar refractivity (Wildman–Crippen MR) is 98.1 cm³/mol. The number of carbonyl (C=O) groups is 2. The Kier molecular flexibility index (Phi) is 3.79. The van der Waals surface area contributed by atoms with Crippen LogP contribution in [0.2, 0.25) is 0 Å². The lowest BCUT2D eigenvalue weighted by atomic mass is 9.92. The van der Waals surface area contributed by atoms with Crippen molar-refractivity contribution in [2.45, 2.75) is 44.1 Å². The zero-order chi connectivity index (χ0) is 18.5. The summed E-state index contributed by atoms with van der Waals surface area (Å²) in [5.74, 6) is -0.645. The Balaban J connectivity index is 1.60. The predicted octanol–water partition coefficient (Wildman–Crippen LogP) is 2.64. The normalized spacial score (nSPS) is 26.2. The number of hydrogen-bond donors (Lipinski definition) is 2. The average Bonchev–Trinajstić information content (AvgIpc) is 3.38. The Labute approximate surface area is 155 Å². The molecule has 27 heavy (non-hydrogen) atoms. The number of amides is 2. The van der Waals surface area contributed by atoms with Gasteiger partial charge in [0.2, 0.25) is 11.8 Å². The monoisotopic (exact) mass is 367 g/mol. The second-order valence-corrected chi connectivity index (χ2v) is 7.68. The van der Waals surface area contributed by atoms with Gasteiger partial charge in [-0.05, 0) is 49.8 Å². The molecule has 7 heteroatoms. The highest BCUT2D eigenvalue weighted by molar-refractivity contribution is 6.09. The molecule has 3 aromatic rings. The zero-order valence-electron chi connectivity index (χ0n) is 14.9. The van der Waals surface area contributed by atoms with Crippen molar-refractivity contribution in [3.05, 3.63) is 30.1 Å². The Morgan fingerprint density at radius 2 is 2.11 bits per heavy atom. The maximum absolute atomic E-state index is 12.3. The van der Waals surface area contributed by atoms with Crippen LogP contribution < -0.4 is 5.32 Å². The SMILES string of the molecule is O=C1CCC(c2noc3ccc4c(ccn4C4CC[C@@H](CO)C4)c23)C(=O)N1. The van der Waals surface area contributed by atoms with Gasteiger partial charge in [0.05, 0.1) is 11.3 Å². The minimum Gasteiger partial charge on any atom is -0.396 e. The van der Waals surface area contributed by atoms with Crippen molar-refractivity contribution in [1.82, 2.24) is 15.0 Å². The van der Waals surface area contributed by atoms with E-state index in [4.69, 9.17) is 4.52 Å². The van der Waals surface area contributed by atoms with E-state index in [-0.39, 0.29) is 18.4 Å². The number of benzene rings is 1. The quantitative estimate of drug-likeness (QED) is 0.694. The Bertz CT molecular complexity index is 1050. The molecule has 2 unspecified atom stereocenters. The van der Waals surface area contributed by atoms with Crippen molar-refractivity contribution in [3.63, 3.8) is 0 Å². The first-order valence-corrected chi connectivity index (χ1v) is 9.49. The lowest BCUT2D eigenvalue weighted by Crippen LogP contribution is -2.39. The van der Waals surface area contributed by atoms with Crippen LogP contribution in [0.4, 0.5) is 0 Å². The second kappa shape index (κ2) is 6.20. The van der Waals surface area contributed by atoms with Gasteiger partial charge in [-0.25, -0.2) is 0 Å². The number of nitrogens with zero attached hydrogens (tertiary/aromatic N) is 2. The fourth-order valence-corrected chi connectivity index (χ4v) is 4.68. The van der Waals surface area contributed by atoms with Crippen molar-refractivity contribution in [2.24, 2.45) is 5.92 Å². The molecule has 0 spiro atoms.